The van der Waals surface area contributed by atoms with Gasteiger partial charge in [0.25, 0.3) is 0 Å². The second-order valence-corrected chi connectivity index (χ2v) is 5.95. The zero-order valence-corrected chi connectivity index (χ0v) is 12.6. The highest BCUT2D eigenvalue weighted by molar-refractivity contribution is 5.61. The van der Waals surface area contributed by atoms with Gasteiger partial charge in [-0.05, 0) is 39.4 Å². The first-order valence-corrected chi connectivity index (χ1v) is 7.47. The van der Waals surface area contributed by atoms with Crippen molar-refractivity contribution in [2.24, 2.45) is 5.73 Å². The van der Waals surface area contributed by atoms with Crippen LogP contribution in [0.3, 0.4) is 0 Å². The number of aromatic nitrogens is 1. The van der Waals surface area contributed by atoms with Crippen molar-refractivity contribution in [3.8, 4) is 6.07 Å². The van der Waals surface area contributed by atoms with E-state index >= 15 is 0 Å². The molecule has 0 aliphatic carbocycles. The minimum Gasteiger partial charge on any atom is -0.425 e. The lowest BCUT2D eigenvalue weighted by Gasteiger charge is -2.41. The SMILES string of the molecule is CCCc1nc2c(o1)NC(N)=C(C#N)C21CCN(C)CC1. The Kier molecular flexibility index (Phi) is 3.38. The lowest BCUT2D eigenvalue weighted by molar-refractivity contribution is 0.208. The van der Waals surface area contributed by atoms with E-state index in [0.29, 0.717) is 17.3 Å². The second kappa shape index (κ2) is 5.08. The van der Waals surface area contributed by atoms with Gasteiger partial charge in [-0.15, -0.1) is 0 Å². The summed E-state index contributed by atoms with van der Waals surface area (Å²) in [6.45, 7) is 3.94. The average Bonchev–Trinajstić information content (AvgIpc) is 2.86. The number of nitriles is 1. The number of hydrogen-bond donors (Lipinski definition) is 2. The molecule has 0 saturated carbocycles. The molecule has 3 rings (SSSR count). The summed E-state index contributed by atoms with van der Waals surface area (Å²) in [6.07, 6.45) is 3.47. The van der Waals surface area contributed by atoms with Gasteiger partial charge in [0, 0.05) is 6.42 Å². The third-order valence-electron chi connectivity index (χ3n) is 4.54. The van der Waals surface area contributed by atoms with Gasteiger partial charge in [-0.2, -0.15) is 5.26 Å². The van der Waals surface area contributed by atoms with E-state index in [0.717, 1.165) is 50.4 Å². The van der Waals surface area contributed by atoms with Crippen LogP contribution < -0.4 is 11.1 Å². The molecule has 0 atom stereocenters. The Morgan fingerprint density at radius 1 is 1.48 bits per heavy atom. The third-order valence-corrected chi connectivity index (χ3v) is 4.54. The molecule has 3 heterocycles. The van der Waals surface area contributed by atoms with Crippen LogP contribution in [-0.4, -0.2) is 30.0 Å². The van der Waals surface area contributed by atoms with Crippen molar-refractivity contribution in [3.63, 3.8) is 0 Å². The van der Waals surface area contributed by atoms with Crippen LogP contribution in [0.1, 0.15) is 37.8 Å². The van der Waals surface area contributed by atoms with E-state index in [1.54, 1.807) is 0 Å². The first-order chi connectivity index (χ1) is 10.1. The highest BCUT2D eigenvalue weighted by Gasteiger charge is 2.47. The molecule has 3 N–H and O–H groups in total. The fraction of sp³-hybridized carbons (Fsp3) is 0.600. The highest BCUT2D eigenvalue weighted by atomic mass is 16.4. The maximum absolute atomic E-state index is 9.58. The van der Waals surface area contributed by atoms with E-state index in [4.69, 9.17) is 10.2 Å². The molecule has 1 fully saturated rings. The second-order valence-electron chi connectivity index (χ2n) is 5.95. The number of anilines is 1. The molecule has 21 heavy (non-hydrogen) atoms. The number of oxazole rings is 1. The summed E-state index contributed by atoms with van der Waals surface area (Å²) < 4.78 is 5.80. The molecule has 1 spiro atoms. The molecule has 6 nitrogen and oxygen atoms in total. The Bertz CT molecular complexity index is 616. The van der Waals surface area contributed by atoms with E-state index in [1.165, 1.54) is 0 Å². The van der Waals surface area contributed by atoms with Gasteiger partial charge in [0.2, 0.25) is 5.88 Å². The number of aryl methyl sites for hydroxylation is 1. The Balaban J connectivity index is 2.09. The summed E-state index contributed by atoms with van der Waals surface area (Å²) in [5.74, 6) is 1.76. The molecular formula is C15H21N5O. The smallest absolute Gasteiger partial charge is 0.223 e. The predicted octanol–water partition coefficient (Wildman–Crippen LogP) is 1.71. The Hall–Kier alpha value is -2.00. The summed E-state index contributed by atoms with van der Waals surface area (Å²) in [5, 5.41) is 12.6. The molecule has 0 amide bonds. The minimum absolute atomic E-state index is 0.387. The number of likely N-dealkylation sites (tertiary alicyclic amines) is 1. The van der Waals surface area contributed by atoms with Gasteiger partial charge in [0.05, 0.1) is 17.1 Å². The predicted molar refractivity (Wildman–Crippen MR) is 79.4 cm³/mol. The number of rotatable bonds is 2. The van der Waals surface area contributed by atoms with E-state index in [2.05, 4.69) is 35.2 Å². The zero-order valence-electron chi connectivity index (χ0n) is 12.6. The minimum atomic E-state index is -0.387. The summed E-state index contributed by atoms with van der Waals surface area (Å²) in [6, 6.07) is 2.30. The van der Waals surface area contributed by atoms with Crippen LogP contribution in [0.25, 0.3) is 0 Å². The number of piperidine rings is 1. The maximum Gasteiger partial charge on any atom is 0.223 e. The molecule has 0 unspecified atom stereocenters. The lowest BCUT2D eigenvalue weighted by Crippen LogP contribution is -2.45. The van der Waals surface area contributed by atoms with Gasteiger partial charge in [-0.1, -0.05) is 6.92 Å². The summed E-state index contributed by atoms with van der Waals surface area (Å²) in [5.41, 5.74) is 7.16. The van der Waals surface area contributed by atoms with Crippen LogP contribution in [0.2, 0.25) is 0 Å². The summed E-state index contributed by atoms with van der Waals surface area (Å²) in [7, 11) is 2.10. The molecule has 112 valence electrons. The van der Waals surface area contributed by atoms with Crippen molar-refractivity contribution in [1.82, 2.24) is 9.88 Å². The van der Waals surface area contributed by atoms with Crippen molar-refractivity contribution in [2.45, 2.75) is 38.0 Å². The van der Waals surface area contributed by atoms with Gasteiger partial charge < -0.3 is 20.4 Å². The molecule has 1 aromatic heterocycles. The Morgan fingerprint density at radius 2 is 2.19 bits per heavy atom. The largest absolute Gasteiger partial charge is 0.425 e. The maximum atomic E-state index is 9.58. The van der Waals surface area contributed by atoms with Gasteiger partial charge in [-0.3, -0.25) is 0 Å². The normalized spacial score (nSPS) is 21.0. The van der Waals surface area contributed by atoms with Crippen molar-refractivity contribution >= 4 is 5.88 Å². The third kappa shape index (κ3) is 2.09. The topological polar surface area (TPSA) is 91.1 Å². The molecule has 6 heteroatoms. The van der Waals surface area contributed by atoms with E-state index in [9.17, 15) is 5.26 Å². The van der Waals surface area contributed by atoms with Crippen LogP contribution in [0.5, 0.6) is 0 Å². The molecule has 1 saturated heterocycles. The lowest BCUT2D eigenvalue weighted by atomic mass is 9.69. The van der Waals surface area contributed by atoms with Gasteiger partial charge in [0.1, 0.15) is 11.5 Å². The molecule has 0 bridgehead atoms. The molecule has 1 aromatic rings. The highest BCUT2D eigenvalue weighted by Crippen LogP contribution is 2.47. The molecule has 2 aliphatic rings. The Morgan fingerprint density at radius 3 is 2.81 bits per heavy atom. The van der Waals surface area contributed by atoms with E-state index in [-0.39, 0.29) is 5.41 Å². The number of nitrogens with one attached hydrogen (secondary N) is 1. The number of hydrogen-bond acceptors (Lipinski definition) is 6. The average molecular weight is 287 g/mol. The quantitative estimate of drug-likeness (QED) is 0.860. The fourth-order valence-corrected chi connectivity index (χ4v) is 3.31. The van der Waals surface area contributed by atoms with Crippen LogP contribution in [-0.2, 0) is 11.8 Å². The number of nitrogens with zero attached hydrogens (tertiary/aromatic N) is 3. The van der Waals surface area contributed by atoms with Crippen molar-refractivity contribution in [2.75, 3.05) is 25.5 Å². The molecular weight excluding hydrogens is 266 g/mol. The van der Waals surface area contributed by atoms with Crippen molar-refractivity contribution < 1.29 is 4.42 Å². The van der Waals surface area contributed by atoms with E-state index in [1.807, 2.05) is 0 Å². The standard InChI is InChI=1S/C15H21N5O/c1-3-4-11-18-12-14(21-11)19-13(17)10(9-16)15(12)5-7-20(2)8-6-15/h19H,3-8,17H2,1-2H3. The molecule has 2 aliphatic heterocycles. The molecule has 0 aromatic carbocycles. The van der Waals surface area contributed by atoms with Gasteiger partial charge in [0.15, 0.2) is 5.89 Å². The van der Waals surface area contributed by atoms with Crippen LogP contribution in [0.4, 0.5) is 5.88 Å². The first kappa shape index (κ1) is 14.0. The van der Waals surface area contributed by atoms with Gasteiger partial charge >= 0.3 is 0 Å². The van der Waals surface area contributed by atoms with Gasteiger partial charge in [-0.25, -0.2) is 4.98 Å². The fourth-order valence-electron chi connectivity index (χ4n) is 3.31. The summed E-state index contributed by atoms with van der Waals surface area (Å²) in [4.78, 5) is 6.96. The summed E-state index contributed by atoms with van der Waals surface area (Å²) >= 11 is 0. The zero-order chi connectivity index (χ0) is 15.0. The number of fused-ring (bicyclic) bond motifs is 2. The number of allylic oxidation sites excluding steroid dienone is 1. The Labute approximate surface area is 124 Å². The first-order valence-electron chi connectivity index (χ1n) is 7.47. The van der Waals surface area contributed by atoms with Crippen LogP contribution in [0.15, 0.2) is 15.8 Å². The van der Waals surface area contributed by atoms with Crippen molar-refractivity contribution in [3.05, 3.63) is 23.0 Å². The number of nitrogens with two attached hydrogens (primary N) is 1. The van der Waals surface area contributed by atoms with Crippen LogP contribution >= 0.6 is 0 Å². The molecule has 0 radical (unpaired) electrons. The van der Waals surface area contributed by atoms with Crippen molar-refractivity contribution in [1.29, 1.82) is 5.26 Å². The van der Waals surface area contributed by atoms with E-state index < -0.39 is 0 Å². The monoisotopic (exact) mass is 287 g/mol. The van der Waals surface area contributed by atoms with Crippen LogP contribution in [0, 0.1) is 11.3 Å².